The molecule has 0 bridgehead atoms. The minimum Gasteiger partial charge on any atom is -0.467 e. The van der Waals surface area contributed by atoms with Crippen molar-refractivity contribution in [2.24, 2.45) is 0 Å². The van der Waals surface area contributed by atoms with Crippen molar-refractivity contribution in [2.45, 2.75) is 32.5 Å². The van der Waals surface area contributed by atoms with Gasteiger partial charge in [0.05, 0.1) is 24.8 Å². The molecule has 8 heteroatoms. The lowest BCUT2D eigenvalue weighted by Crippen LogP contribution is -2.34. The van der Waals surface area contributed by atoms with Crippen LogP contribution in [0.2, 0.25) is 0 Å². The van der Waals surface area contributed by atoms with Gasteiger partial charge in [0, 0.05) is 30.5 Å². The number of amides is 1. The van der Waals surface area contributed by atoms with Crippen LogP contribution in [0.3, 0.4) is 0 Å². The van der Waals surface area contributed by atoms with Gasteiger partial charge < -0.3 is 9.32 Å². The SMILES string of the molecule is CC1Cc2cc(C(=O)N(Cc3cccnc3)Cc3ccco3)ccc2N1S(C)(=O)=O. The third-order valence-corrected chi connectivity index (χ3v) is 6.42. The first-order chi connectivity index (χ1) is 14.3. The molecule has 0 saturated heterocycles. The van der Waals surface area contributed by atoms with E-state index in [1.807, 2.05) is 25.1 Å². The van der Waals surface area contributed by atoms with Gasteiger partial charge in [-0.2, -0.15) is 0 Å². The van der Waals surface area contributed by atoms with Crippen molar-refractivity contribution in [3.8, 4) is 0 Å². The van der Waals surface area contributed by atoms with Gasteiger partial charge in [0.1, 0.15) is 5.76 Å². The average Bonchev–Trinajstić information content (AvgIpc) is 3.33. The molecule has 0 fully saturated rings. The topological polar surface area (TPSA) is 83.7 Å². The molecule has 0 saturated carbocycles. The average molecular weight is 426 g/mol. The molecule has 7 nitrogen and oxygen atoms in total. The van der Waals surface area contributed by atoms with E-state index in [4.69, 9.17) is 4.42 Å². The van der Waals surface area contributed by atoms with Crippen LogP contribution in [0.4, 0.5) is 5.69 Å². The zero-order chi connectivity index (χ0) is 21.3. The van der Waals surface area contributed by atoms with Crippen LogP contribution in [-0.2, 0) is 29.5 Å². The highest BCUT2D eigenvalue weighted by atomic mass is 32.2. The molecule has 156 valence electrons. The number of benzene rings is 1. The molecule has 3 aromatic rings. The Morgan fingerprint density at radius 3 is 2.73 bits per heavy atom. The molecule has 1 amide bonds. The molecule has 1 aliphatic heterocycles. The number of anilines is 1. The summed E-state index contributed by atoms with van der Waals surface area (Å²) in [6.07, 6.45) is 6.79. The van der Waals surface area contributed by atoms with E-state index in [1.54, 1.807) is 47.8 Å². The molecule has 0 aliphatic carbocycles. The van der Waals surface area contributed by atoms with Crippen molar-refractivity contribution >= 4 is 21.6 Å². The van der Waals surface area contributed by atoms with Crippen LogP contribution in [0.1, 0.15) is 34.2 Å². The van der Waals surface area contributed by atoms with E-state index in [9.17, 15) is 13.2 Å². The number of rotatable bonds is 6. The van der Waals surface area contributed by atoms with Gasteiger partial charge in [-0.25, -0.2) is 8.42 Å². The minimum absolute atomic E-state index is 0.150. The van der Waals surface area contributed by atoms with Crippen LogP contribution >= 0.6 is 0 Å². The summed E-state index contributed by atoms with van der Waals surface area (Å²) in [6, 6.07) is 12.4. The van der Waals surface area contributed by atoms with Crippen molar-refractivity contribution in [2.75, 3.05) is 10.6 Å². The molecular formula is C22H23N3O4S. The van der Waals surface area contributed by atoms with Gasteiger partial charge in [-0.3, -0.25) is 14.1 Å². The number of pyridine rings is 1. The summed E-state index contributed by atoms with van der Waals surface area (Å²) in [5.41, 5.74) is 2.94. The highest BCUT2D eigenvalue weighted by Crippen LogP contribution is 2.35. The second kappa shape index (κ2) is 7.95. The third-order valence-electron chi connectivity index (χ3n) is 5.15. The van der Waals surface area contributed by atoms with Crippen LogP contribution in [-0.4, -0.2) is 36.5 Å². The molecule has 0 N–H and O–H groups in total. The summed E-state index contributed by atoms with van der Waals surface area (Å²) in [5, 5.41) is 0. The largest absolute Gasteiger partial charge is 0.467 e. The second-order valence-electron chi connectivity index (χ2n) is 7.56. The predicted molar refractivity (Wildman–Crippen MR) is 113 cm³/mol. The monoisotopic (exact) mass is 425 g/mol. The maximum absolute atomic E-state index is 13.4. The van der Waals surface area contributed by atoms with E-state index in [0.717, 1.165) is 11.1 Å². The van der Waals surface area contributed by atoms with Crippen LogP contribution in [0.5, 0.6) is 0 Å². The first-order valence-corrected chi connectivity index (χ1v) is 11.5. The fraction of sp³-hybridized carbons (Fsp3) is 0.273. The molecule has 3 heterocycles. The summed E-state index contributed by atoms with van der Waals surface area (Å²) in [7, 11) is -3.37. The molecule has 1 aliphatic rings. The summed E-state index contributed by atoms with van der Waals surface area (Å²) in [5.74, 6) is 0.536. The molecule has 1 aromatic carbocycles. The normalized spacial score (nSPS) is 15.8. The maximum Gasteiger partial charge on any atom is 0.254 e. The van der Waals surface area contributed by atoms with Gasteiger partial charge in [0.2, 0.25) is 10.0 Å². The van der Waals surface area contributed by atoms with Gasteiger partial charge in [0.15, 0.2) is 0 Å². The van der Waals surface area contributed by atoms with Gasteiger partial charge >= 0.3 is 0 Å². The highest BCUT2D eigenvalue weighted by Gasteiger charge is 2.33. The lowest BCUT2D eigenvalue weighted by atomic mass is 10.1. The molecule has 30 heavy (non-hydrogen) atoms. The Labute approximate surface area is 176 Å². The Hall–Kier alpha value is -3.13. The zero-order valence-electron chi connectivity index (χ0n) is 16.9. The Kier molecular flexibility index (Phi) is 5.34. The number of carbonyl (C=O) groups is 1. The van der Waals surface area contributed by atoms with Gasteiger partial charge in [-0.05, 0) is 60.9 Å². The summed E-state index contributed by atoms with van der Waals surface area (Å²) in [4.78, 5) is 19.2. The van der Waals surface area contributed by atoms with Gasteiger partial charge in [-0.15, -0.1) is 0 Å². The number of carbonyl (C=O) groups excluding carboxylic acids is 1. The minimum atomic E-state index is -3.37. The number of hydrogen-bond acceptors (Lipinski definition) is 5. The van der Waals surface area contributed by atoms with E-state index in [2.05, 4.69) is 4.98 Å². The number of furan rings is 1. The van der Waals surface area contributed by atoms with E-state index in [-0.39, 0.29) is 11.9 Å². The first kappa shape index (κ1) is 20.2. The van der Waals surface area contributed by atoms with Crippen molar-refractivity contribution < 1.29 is 17.6 Å². The lowest BCUT2D eigenvalue weighted by Gasteiger charge is -2.23. The van der Waals surface area contributed by atoms with Crippen LogP contribution in [0.25, 0.3) is 0 Å². The number of hydrogen-bond donors (Lipinski definition) is 0. The standard InChI is InChI=1S/C22H23N3O4S/c1-16-11-19-12-18(7-8-21(19)25(16)30(2,27)28)22(26)24(15-20-6-4-10-29-20)14-17-5-3-9-23-13-17/h3-10,12-13,16H,11,14-15H2,1-2H3. The Morgan fingerprint density at radius 1 is 1.23 bits per heavy atom. The lowest BCUT2D eigenvalue weighted by molar-refractivity contribution is 0.0717. The Bertz CT molecular complexity index is 1140. The highest BCUT2D eigenvalue weighted by molar-refractivity contribution is 7.92. The van der Waals surface area contributed by atoms with Crippen molar-refractivity contribution in [3.05, 3.63) is 83.6 Å². The molecule has 4 rings (SSSR count). The van der Waals surface area contributed by atoms with Crippen molar-refractivity contribution in [1.29, 1.82) is 0 Å². The smallest absolute Gasteiger partial charge is 0.254 e. The summed E-state index contributed by atoms with van der Waals surface area (Å²) in [6.45, 7) is 2.58. The molecule has 1 atom stereocenters. The Balaban J connectivity index is 1.64. The Morgan fingerprint density at radius 2 is 2.07 bits per heavy atom. The second-order valence-corrected chi connectivity index (χ2v) is 9.42. The summed E-state index contributed by atoms with van der Waals surface area (Å²) >= 11 is 0. The first-order valence-electron chi connectivity index (χ1n) is 9.66. The molecule has 2 aromatic heterocycles. The van der Waals surface area contributed by atoms with E-state index in [1.165, 1.54) is 10.6 Å². The van der Waals surface area contributed by atoms with Crippen LogP contribution < -0.4 is 4.31 Å². The molecule has 0 radical (unpaired) electrons. The summed E-state index contributed by atoms with van der Waals surface area (Å²) < 4.78 is 31.2. The fourth-order valence-corrected chi connectivity index (χ4v) is 5.19. The van der Waals surface area contributed by atoms with Crippen LogP contribution in [0, 0.1) is 0 Å². The molecular weight excluding hydrogens is 402 g/mol. The fourth-order valence-electron chi connectivity index (χ4n) is 3.93. The number of nitrogens with zero attached hydrogens (tertiary/aromatic N) is 3. The zero-order valence-corrected chi connectivity index (χ0v) is 17.7. The van der Waals surface area contributed by atoms with Gasteiger partial charge in [-0.1, -0.05) is 6.07 Å². The van der Waals surface area contributed by atoms with Gasteiger partial charge in [0.25, 0.3) is 5.91 Å². The van der Waals surface area contributed by atoms with Crippen molar-refractivity contribution in [3.63, 3.8) is 0 Å². The van der Waals surface area contributed by atoms with Crippen molar-refractivity contribution in [1.82, 2.24) is 9.88 Å². The number of fused-ring (bicyclic) bond motifs is 1. The predicted octanol–water partition coefficient (Wildman–Crippen LogP) is 3.23. The van der Waals surface area contributed by atoms with E-state index >= 15 is 0 Å². The van der Waals surface area contributed by atoms with E-state index in [0.29, 0.717) is 36.5 Å². The quantitative estimate of drug-likeness (QED) is 0.605. The molecule has 0 spiro atoms. The maximum atomic E-state index is 13.4. The number of sulfonamides is 1. The third kappa shape index (κ3) is 4.09. The van der Waals surface area contributed by atoms with E-state index < -0.39 is 10.0 Å². The molecule has 1 unspecified atom stereocenters. The van der Waals surface area contributed by atoms with Crippen LogP contribution in [0.15, 0.2) is 65.5 Å². The number of aromatic nitrogens is 1.